The van der Waals surface area contributed by atoms with Gasteiger partial charge in [-0.05, 0) is 61.9 Å². The van der Waals surface area contributed by atoms with E-state index in [1.54, 1.807) is 0 Å². The minimum Gasteiger partial charge on any atom is -0.312 e. The first-order chi connectivity index (χ1) is 13.0. The molecule has 2 aromatic rings. The zero-order valence-corrected chi connectivity index (χ0v) is 16.3. The van der Waals surface area contributed by atoms with Crippen LogP contribution in [0.15, 0.2) is 29.2 Å². The first-order valence-electron chi connectivity index (χ1n) is 8.97. The van der Waals surface area contributed by atoms with Gasteiger partial charge in [-0.2, -0.15) is 9.57 Å². The van der Waals surface area contributed by atoms with Crippen LogP contribution in [0.2, 0.25) is 0 Å². The second-order valence-corrected chi connectivity index (χ2v) is 9.81. The molecule has 0 radical (unpaired) electrons. The van der Waals surface area contributed by atoms with Crippen LogP contribution in [0.5, 0.6) is 0 Å². The molecule has 0 atom stereocenters. The van der Waals surface area contributed by atoms with E-state index in [-0.39, 0.29) is 10.8 Å². The molecule has 1 amide bonds. The van der Waals surface area contributed by atoms with Gasteiger partial charge in [0.1, 0.15) is 11.1 Å². The van der Waals surface area contributed by atoms with Crippen molar-refractivity contribution in [1.82, 2.24) is 4.31 Å². The molecule has 0 unspecified atom stereocenters. The van der Waals surface area contributed by atoms with Gasteiger partial charge in [0.05, 0.1) is 10.5 Å². The summed E-state index contributed by atoms with van der Waals surface area (Å²) >= 11 is 1.46. The van der Waals surface area contributed by atoms with Crippen molar-refractivity contribution in [2.75, 3.05) is 18.4 Å². The number of rotatable bonds is 4. The Balaban J connectivity index is 1.53. The minimum absolute atomic E-state index is 0.203. The number of sulfonamides is 1. The van der Waals surface area contributed by atoms with Crippen LogP contribution in [-0.4, -0.2) is 31.7 Å². The highest BCUT2D eigenvalue weighted by atomic mass is 32.2. The molecule has 2 heterocycles. The van der Waals surface area contributed by atoms with E-state index in [1.807, 2.05) is 0 Å². The largest absolute Gasteiger partial charge is 0.312 e. The second-order valence-electron chi connectivity index (χ2n) is 6.76. The maximum atomic E-state index is 12.6. The fraction of sp³-hybridized carbons (Fsp3) is 0.368. The number of benzene rings is 1. The van der Waals surface area contributed by atoms with Gasteiger partial charge in [0, 0.05) is 23.5 Å². The van der Waals surface area contributed by atoms with Gasteiger partial charge in [-0.3, -0.25) is 4.79 Å². The van der Waals surface area contributed by atoms with E-state index in [1.165, 1.54) is 44.8 Å². The van der Waals surface area contributed by atoms with Gasteiger partial charge in [0.25, 0.3) is 5.91 Å². The van der Waals surface area contributed by atoms with E-state index in [0.29, 0.717) is 29.2 Å². The fourth-order valence-electron chi connectivity index (χ4n) is 3.64. The highest BCUT2D eigenvalue weighted by Crippen LogP contribution is 2.38. The Morgan fingerprint density at radius 2 is 1.81 bits per heavy atom. The van der Waals surface area contributed by atoms with Crippen LogP contribution in [0.25, 0.3) is 0 Å². The molecular weight excluding hydrogens is 382 g/mol. The molecule has 1 aromatic carbocycles. The van der Waals surface area contributed by atoms with Gasteiger partial charge in [-0.25, -0.2) is 8.42 Å². The summed E-state index contributed by atoms with van der Waals surface area (Å²) in [6, 6.07) is 8.19. The third kappa shape index (κ3) is 3.27. The number of nitrogens with one attached hydrogen (secondary N) is 1. The van der Waals surface area contributed by atoms with E-state index in [2.05, 4.69) is 11.4 Å². The van der Waals surface area contributed by atoms with Crippen LogP contribution >= 0.6 is 11.3 Å². The Hall–Kier alpha value is -2.21. The van der Waals surface area contributed by atoms with Gasteiger partial charge in [-0.15, -0.1) is 11.3 Å². The maximum Gasteiger partial charge on any atom is 0.256 e. The molecule has 0 spiro atoms. The lowest BCUT2D eigenvalue weighted by atomic mass is 10.1. The van der Waals surface area contributed by atoms with Crippen molar-refractivity contribution >= 4 is 32.3 Å². The van der Waals surface area contributed by atoms with Crippen molar-refractivity contribution < 1.29 is 13.2 Å². The van der Waals surface area contributed by atoms with Crippen LogP contribution in [0.4, 0.5) is 5.00 Å². The van der Waals surface area contributed by atoms with Gasteiger partial charge in [-0.1, -0.05) is 0 Å². The third-order valence-electron chi connectivity index (χ3n) is 5.08. The Bertz CT molecular complexity index is 1030. The highest BCUT2D eigenvalue weighted by Gasteiger charge is 2.27. The normalized spacial score (nSPS) is 16.9. The van der Waals surface area contributed by atoms with Crippen LogP contribution in [-0.2, 0) is 22.9 Å². The number of carbonyl (C=O) groups excluding carboxylic acids is 1. The minimum atomic E-state index is -3.49. The number of nitrogens with zero attached hydrogens (tertiary/aromatic N) is 2. The van der Waals surface area contributed by atoms with Crippen LogP contribution in [0, 0.1) is 11.3 Å². The number of fused-ring (bicyclic) bond motifs is 1. The Labute approximate surface area is 162 Å². The SMILES string of the molecule is N#Cc1c(NC(=O)c2ccc(S(=O)(=O)N3CCCC3)cc2)sc2c1CCC2. The van der Waals surface area contributed by atoms with E-state index in [0.717, 1.165) is 37.7 Å². The average molecular weight is 402 g/mol. The number of amides is 1. The number of nitriles is 1. The molecule has 0 bridgehead atoms. The summed E-state index contributed by atoms with van der Waals surface area (Å²) in [4.78, 5) is 13.9. The lowest BCUT2D eigenvalue weighted by Crippen LogP contribution is -2.27. The van der Waals surface area contributed by atoms with Crippen molar-refractivity contribution in [1.29, 1.82) is 5.26 Å². The standard InChI is InChI=1S/C19H19N3O3S2/c20-12-16-15-4-3-5-17(15)26-19(16)21-18(23)13-6-8-14(9-7-13)27(24,25)22-10-1-2-11-22/h6-9H,1-5,10-11H2,(H,21,23). The second kappa shape index (κ2) is 7.08. The molecular formula is C19H19N3O3S2. The number of anilines is 1. The Kier molecular flexibility index (Phi) is 4.76. The smallest absolute Gasteiger partial charge is 0.256 e. The molecule has 1 aliphatic heterocycles. The summed E-state index contributed by atoms with van der Waals surface area (Å²) in [6.07, 6.45) is 4.65. The lowest BCUT2D eigenvalue weighted by Gasteiger charge is -2.15. The first kappa shape index (κ1) is 18.2. The molecule has 2 aliphatic rings. The van der Waals surface area contributed by atoms with Crippen molar-refractivity contribution in [2.24, 2.45) is 0 Å². The molecule has 1 aliphatic carbocycles. The van der Waals surface area contributed by atoms with Crippen molar-refractivity contribution in [3.05, 3.63) is 45.8 Å². The maximum absolute atomic E-state index is 12.6. The zero-order valence-electron chi connectivity index (χ0n) is 14.7. The Morgan fingerprint density at radius 1 is 1.11 bits per heavy atom. The predicted octanol–water partition coefficient (Wildman–Crippen LogP) is 3.15. The molecule has 4 rings (SSSR count). The third-order valence-corrected chi connectivity index (χ3v) is 8.20. The molecule has 27 heavy (non-hydrogen) atoms. The van der Waals surface area contributed by atoms with Gasteiger partial charge >= 0.3 is 0 Å². The average Bonchev–Trinajstić information content (AvgIpc) is 3.39. The lowest BCUT2D eigenvalue weighted by molar-refractivity contribution is 0.102. The molecule has 6 nitrogen and oxygen atoms in total. The van der Waals surface area contributed by atoms with E-state index < -0.39 is 10.0 Å². The quantitative estimate of drug-likeness (QED) is 0.852. The molecule has 1 fully saturated rings. The van der Waals surface area contributed by atoms with Crippen molar-refractivity contribution in [3.63, 3.8) is 0 Å². The number of carbonyl (C=O) groups is 1. The van der Waals surface area contributed by atoms with E-state index in [9.17, 15) is 18.5 Å². The summed E-state index contributed by atoms with van der Waals surface area (Å²) in [5, 5.41) is 12.8. The molecule has 1 N–H and O–H groups in total. The molecule has 140 valence electrons. The predicted molar refractivity (Wildman–Crippen MR) is 103 cm³/mol. The van der Waals surface area contributed by atoms with Crippen LogP contribution < -0.4 is 5.32 Å². The van der Waals surface area contributed by atoms with Gasteiger partial charge in [0.15, 0.2) is 0 Å². The van der Waals surface area contributed by atoms with Gasteiger partial charge < -0.3 is 5.32 Å². The highest BCUT2D eigenvalue weighted by molar-refractivity contribution is 7.89. The van der Waals surface area contributed by atoms with Gasteiger partial charge in [0.2, 0.25) is 10.0 Å². The number of thiophene rings is 1. The van der Waals surface area contributed by atoms with Crippen LogP contribution in [0.1, 0.15) is 45.6 Å². The fourth-order valence-corrected chi connectivity index (χ4v) is 6.39. The van der Waals surface area contributed by atoms with Crippen molar-refractivity contribution in [3.8, 4) is 6.07 Å². The zero-order chi connectivity index (χ0) is 19.0. The van der Waals surface area contributed by atoms with Crippen molar-refractivity contribution in [2.45, 2.75) is 37.0 Å². The van der Waals surface area contributed by atoms with Crippen LogP contribution in [0.3, 0.4) is 0 Å². The molecule has 1 saturated heterocycles. The summed E-state index contributed by atoms with van der Waals surface area (Å²) in [5.41, 5.74) is 1.99. The number of aryl methyl sites for hydroxylation is 1. The number of hydrogen-bond donors (Lipinski definition) is 1. The van der Waals surface area contributed by atoms with E-state index in [4.69, 9.17) is 0 Å². The monoisotopic (exact) mass is 401 g/mol. The topological polar surface area (TPSA) is 90.3 Å². The van der Waals surface area contributed by atoms with E-state index >= 15 is 0 Å². The summed E-state index contributed by atoms with van der Waals surface area (Å²) in [6.45, 7) is 1.09. The number of hydrogen-bond acceptors (Lipinski definition) is 5. The summed E-state index contributed by atoms with van der Waals surface area (Å²) < 4.78 is 26.6. The molecule has 8 heteroatoms. The summed E-state index contributed by atoms with van der Waals surface area (Å²) in [5.74, 6) is -0.337. The Morgan fingerprint density at radius 3 is 2.48 bits per heavy atom. The first-order valence-corrected chi connectivity index (χ1v) is 11.2. The summed E-state index contributed by atoms with van der Waals surface area (Å²) in [7, 11) is -3.49. The molecule has 0 saturated carbocycles. The molecule has 1 aromatic heterocycles.